The zero-order valence-corrected chi connectivity index (χ0v) is 2.99. The molecule has 0 saturated carbocycles. The molecular weight excluding hydrogens is 48.0 g/mol. The Morgan fingerprint density at radius 1 is 2.00 bits per heavy atom. The van der Waals surface area contributed by atoms with Crippen LogP contribution >= 0.6 is 0 Å². The first-order valence-electron chi connectivity index (χ1n) is 1.49. The number of hydrogen-bond acceptors (Lipinski definition) is 0. The van der Waals surface area contributed by atoms with E-state index in [1.165, 1.54) is 0 Å². The monoisotopic (exact) mass is 56.1 g/mol. The minimum absolute atomic E-state index is 0.944. The molecule has 0 saturated heterocycles. The Hall–Kier alpha value is 0. The Kier molecular flexibility index (Phi) is 3.00. The van der Waals surface area contributed by atoms with Gasteiger partial charge in [-0.15, -0.1) is 0 Å². The van der Waals surface area contributed by atoms with Gasteiger partial charge < -0.3 is 0 Å². The first kappa shape index (κ1) is 4.00. The highest BCUT2D eigenvalue weighted by Crippen LogP contribution is 1.73. The van der Waals surface area contributed by atoms with Crippen molar-refractivity contribution in [3.63, 3.8) is 0 Å². The van der Waals surface area contributed by atoms with Gasteiger partial charge >= 0.3 is 0 Å². The average molecular weight is 56.1 g/mol. The van der Waals surface area contributed by atoms with Gasteiger partial charge in [-0.3, -0.25) is 0 Å². The highest BCUT2D eigenvalue weighted by molar-refractivity contribution is 4.53. The molecule has 0 spiro atoms. The van der Waals surface area contributed by atoms with Crippen molar-refractivity contribution in [3.05, 3.63) is 13.3 Å². The van der Waals surface area contributed by atoms with Crippen LogP contribution in [-0.2, 0) is 0 Å². The molecule has 0 atom stereocenters. The zero-order valence-electron chi connectivity index (χ0n) is 2.99. The van der Waals surface area contributed by atoms with Crippen LogP contribution in [0.1, 0.15) is 13.3 Å². The van der Waals surface area contributed by atoms with E-state index in [2.05, 4.69) is 6.92 Å². The second kappa shape index (κ2) is 3.00. The standard InChI is InChI=1S/C4H8/c1-3-4-2/h4H,1,3H2,2H3. The Morgan fingerprint density at radius 3 is 2.25 bits per heavy atom. The predicted octanol–water partition coefficient (Wildman–Crippen LogP) is 1.43. The average Bonchev–Trinajstić information content (AvgIpc) is 1.37. The fourth-order valence-electron chi connectivity index (χ4n) is 0. The highest BCUT2D eigenvalue weighted by atomic mass is 13.6. The van der Waals surface area contributed by atoms with E-state index in [0.717, 1.165) is 6.42 Å². The van der Waals surface area contributed by atoms with Crippen molar-refractivity contribution < 1.29 is 0 Å². The fraction of sp³-hybridized carbons (Fsp3) is 0.500. The van der Waals surface area contributed by atoms with Crippen LogP contribution in [0.5, 0.6) is 0 Å². The minimum atomic E-state index is 0.944. The molecule has 0 amide bonds. The fourth-order valence-corrected chi connectivity index (χ4v) is 0. The summed E-state index contributed by atoms with van der Waals surface area (Å²) < 4.78 is 0. The predicted molar refractivity (Wildman–Crippen MR) is 19.9 cm³/mol. The number of hydrogen-bond donors (Lipinski definition) is 0. The summed E-state index contributed by atoms with van der Waals surface area (Å²) in [7, 11) is 0. The van der Waals surface area contributed by atoms with E-state index in [1.807, 2.05) is 13.3 Å². The number of unbranched alkanes of at least 4 members (excludes halogenated alkanes) is 1. The molecule has 0 heterocycles. The summed E-state index contributed by atoms with van der Waals surface area (Å²) >= 11 is 0. The summed E-state index contributed by atoms with van der Waals surface area (Å²) in [6.45, 7) is 5.54. The van der Waals surface area contributed by atoms with Crippen LogP contribution in [0, 0.1) is 13.3 Å². The van der Waals surface area contributed by atoms with Gasteiger partial charge in [0, 0.05) is 0 Å². The van der Waals surface area contributed by atoms with Crippen LogP contribution in [0.2, 0.25) is 0 Å². The summed E-state index contributed by atoms with van der Waals surface area (Å²) in [5, 5.41) is 0. The lowest BCUT2D eigenvalue weighted by molar-refractivity contribution is 1.21. The summed E-state index contributed by atoms with van der Waals surface area (Å²) in [6.07, 6.45) is 2.96. The largest absolute Gasteiger partial charge is 0.0623 e. The molecule has 0 aliphatic carbocycles. The van der Waals surface area contributed by atoms with Crippen molar-refractivity contribution >= 4 is 0 Å². The molecule has 0 bridgehead atoms. The first-order valence-corrected chi connectivity index (χ1v) is 1.49. The molecule has 0 aliphatic heterocycles. The lowest BCUT2D eigenvalue weighted by Crippen LogP contribution is -1.51. The lowest BCUT2D eigenvalue weighted by Gasteiger charge is -1.67. The second-order valence-electron chi connectivity index (χ2n) is 0.697. The molecule has 0 aliphatic rings. The van der Waals surface area contributed by atoms with E-state index in [1.54, 1.807) is 0 Å². The summed E-state index contributed by atoms with van der Waals surface area (Å²) in [6, 6.07) is 0. The zero-order chi connectivity index (χ0) is 3.41. The van der Waals surface area contributed by atoms with Gasteiger partial charge in [0.15, 0.2) is 0 Å². The van der Waals surface area contributed by atoms with E-state index in [0.29, 0.717) is 0 Å². The van der Waals surface area contributed by atoms with E-state index in [9.17, 15) is 0 Å². The molecule has 0 nitrogen and oxygen atoms in total. The first-order chi connectivity index (χ1) is 1.91. The lowest BCUT2D eigenvalue weighted by atomic mass is 10.4. The second-order valence-corrected chi connectivity index (χ2v) is 0.697. The molecule has 0 heteroatoms. The number of rotatable bonds is 1. The van der Waals surface area contributed by atoms with E-state index in [4.69, 9.17) is 0 Å². The Morgan fingerprint density at radius 2 is 2.25 bits per heavy atom. The van der Waals surface area contributed by atoms with Gasteiger partial charge in [-0.1, -0.05) is 20.3 Å². The molecule has 0 N–H and O–H groups in total. The van der Waals surface area contributed by atoms with Crippen LogP contribution in [-0.4, -0.2) is 0 Å². The topological polar surface area (TPSA) is 0 Å². The van der Waals surface area contributed by atoms with Crippen molar-refractivity contribution in [2.24, 2.45) is 0 Å². The van der Waals surface area contributed by atoms with Crippen LogP contribution in [0.4, 0.5) is 0 Å². The molecule has 0 aromatic carbocycles. The minimum Gasteiger partial charge on any atom is -0.0623 e. The SMILES string of the molecule is [CH2]C[CH]C. The van der Waals surface area contributed by atoms with Crippen LogP contribution in [0.3, 0.4) is 0 Å². The third-order valence-corrected chi connectivity index (χ3v) is 0.289. The molecular formula is C4H8. The van der Waals surface area contributed by atoms with Gasteiger partial charge in [0.25, 0.3) is 0 Å². The summed E-state index contributed by atoms with van der Waals surface area (Å²) in [4.78, 5) is 0. The third kappa shape index (κ3) is 2.00. The maximum atomic E-state index is 3.55. The van der Waals surface area contributed by atoms with Crippen molar-refractivity contribution in [1.82, 2.24) is 0 Å². The van der Waals surface area contributed by atoms with E-state index < -0.39 is 0 Å². The summed E-state index contributed by atoms with van der Waals surface area (Å²) in [5.41, 5.74) is 0. The van der Waals surface area contributed by atoms with Crippen molar-refractivity contribution in [1.29, 1.82) is 0 Å². The van der Waals surface area contributed by atoms with Crippen LogP contribution in [0.25, 0.3) is 0 Å². The van der Waals surface area contributed by atoms with Crippen LogP contribution in [0.15, 0.2) is 0 Å². The molecule has 0 unspecified atom stereocenters. The van der Waals surface area contributed by atoms with Crippen molar-refractivity contribution in [2.75, 3.05) is 0 Å². The Balaban J connectivity index is 1.97. The molecule has 0 rings (SSSR count). The molecule has 0 fully saturated rings. The molecule has 4 heavy (non-hydrogen) atoms. The van der Waals surface area contributed by atoms with Crippen molar-refractivity contribution in [3.8, 4) is 0 Å². The van der Waals surface area contributed by atoms with Gasteiger partial charge in [-0.05, 0) is 6.42 Å². The van der Waals surface area contributed by atoms with Crippen LogP contribution < -0.4 is 0 Å². The van der Waals surface area contributed by atoms with Gasteiger partial charge in [0.1, 0.15) is 0 Å². The maximum Gasteiger partial charge on any atom is -0.0417 e. The van der Waals surface area contributed by atoms with E-state index in [-0.39, 0.29) is 0 Å². The molecule has 2 radical (unpaired) electrons. The van der Waals surface area contributed by atoms with Gasteiger partial charge in [0.2, 0.25) is 0 Å². The molecule has 0 aromatic heterocycles. The molecule has 24 valence electrons. The Bertz CT molecular complexity index is 2.00. The van der Waals surface area contributed by atoms with E-state index >= 15 is 0 Å². The third-order valence-electron chi connectivity index (χ3n) is 0.289. The smallest absolute Gasteiger partial charge is 0.0417 e. The Labute approximate surface area is 27.8 Å². The normalized spacial score (nSPS) is 7.50. The van der Waals surface area contributed by atoms with Gasteiger partial charge in [0.05, 0.1) is 0 Å². The van der Waals surface area contributed by atoms with Gasteiger partial charge in [-0.25, -0.2) is 0 Å². The maximum absolute atomic E-state index is 3.55. The quantitative estimate of drug-likeness (QED) is 0.426. The van der Waals surface area contributed by atoms with Gasteiger partial charge in [-0.2, -0.15) is 0 Å². The highest BCUT2D eigenvalue weighted by Gasteiger charge is 1.57. The summed E-state index contributed by atoms with van der Waals surface area (Å²) in [5.74, 6) is 0. The molecule has 0 aromatic rings. The van der Waals surface area contributed by atoms with Crippen molar-refractivity contribution in [2.45, 2.75) is 13.3 Å².